The number of nitrogens with one attached hydrogen (secondary N) is 2. The third-order valence-electron chi connectivity index (χ3n) is 4.49. The van der Waals surface area contributed by atoms with E-state index in [1.807, 2.05) is 37.3 Å². The van der Waals surface area contributed by atoms with Crippen LogP contribution < -0.4 is 10.6 Å². The first kappa shape index (κ1) is 17.9. The molecule has 1 amide bonds. The Morgan fingerprint density at radius 1 is 1.28 bits per heavy atom. The van der Waals surface area contributed by atoms with Crippen LogP contribution >= 0.6 is 11.3 Å². The molecule has 6 heteroatoms. The van der Waals surface area contributed by atoms with Gasteiger partial charge in [0.1, 0.15) is 6.61 Å². The fourth-order valence-corrected chi connectivity index (χ4v) is 4.12. The zero-order valence-corrected chi connectivity index (χ0v) is 15.7. The van der Waals surface area contributed by atoms with Crippen LogP contribution in [0.15, 0.2) is 30.3 Å². The van der Waals surface area contributed by atoms with Gasteiger partial charge in [-0.25, -0.2) is 9.78 Å². The molecule has 1 aliphatic carbocycles. The highest BCUT2D eigenvalue weighted by molar-refractivity contribution is 7.11. The third kappa shape index (κ3) is 4.80. The third-order valence-corrected chi connectivity index (χ3v) is 5.75. The van der Waals surface area contributed by atoms with Gasteiger partial charge in [-0.15, -0.1) is 11.3 Å². The first-order valence-corrected chi connectivity index (χ1v) is 9.50. The molecule has 0 saturated heterocycles. The number of ether oxygens (including phenoxy) is 1. The van der Waals surface area contributed by atoms with E-state index in [0.717, 1.165) is 29.1 Å². The molecule has 1 atom stereocenters. The van der Waals surface area contributed by atoms with E-state index in [2.05, 4.69) is 29.5 Å². The number of benzene rings is 1. The molecular weight excluding hydrogens is 334 g/mol. The summed E-state index contributed by atoms with van der Waals surface area (Å²) in [6.07, 6.45) is 1.53. The minimum atomic E-state index is -0.339. The van der Waals surface area contributed by atoms with Crippen molar-refractivity contribution in [3.63, 3.8) is 0 Å². The van der Waals surface area contributed by atoms with Crippen LogP contribution in [0.3, 0.4) is 0 Å². The lowest BCUT2D eigenvalue weighted by molar-refractivity contribution is 0.124. The van der Waals surface area contributed by atoms with E-state index in [0.29, 0.717) is 18.7 Å². The highest BCUT2D eigenvalue weighted by Gasteiger charge is 2.32. The van der Waals surface area contributed by atoms with Gasteiger partial charge < -0.3 is 15.4 Å². The number of rotatable bonds is 6. The first-order valence-electron chi connectivity index (χ1n) is 8.68. The maximum Gasteiger partial charge on any atom is 0.407 e. The van der Waals surface area contributed by atoms with E-state index in [1.165, 1.54) is 4.88 Å². The molecule has 1 fully saturated rings. The Kier molecular flexibility index (Phi) is 5.71. The Morgan fingerprint density at radius 2 is 2.00 bits per heavy atom. The van der Waals surface area contributed by atoms with Gasteiger partial charge in [0.15, 0.2) is 0 Å². The largest absolute Gasteiger partial charge is 0.445 e. The Labute approximate surface area is 152 Å². The molecule has 1 heterocycles. The van der Waals surface area contributed by atoms with Crippen molar-refractivity contribution in [3.8, 4) is 0 Å². The second-order valence-corrected chi connectivity index (χ2v) is 7.88. The zero-order chi connectivity index (χ0) is 17.8. The second-order valence-electron chi connectivity index (χ2n) is 6.64. The summed E-state index contributed by atoms with van der Waals surface area (Å²) in [5, 5.41) is 7.67. The van der Waals surface area contributed by atoms with E-state index < -0.39 is 0 Å². The van der Waals surface area contributed by atoms with E-state index in [-0.39, 0.29) is 12.1 Å². The maximum absolute atomic E-state index is 11.9. The minimum absolute atomic E-state index is 0.192. The van der Waals surface area contributed by atoms with Crippen LogP contribution in [0.5, 0.6) is 0 Å². The Morgan fingerprint density at radius 3 is 2.64 bits per heavy atom. The molecule has 1 aromatic heterocycles. The van der Waals surface area contributed by atoms with Crippen LogP contribution in [-0.4, -0.2) is 23.2 Å². The molecule has 0 bridgehead atoms. The number of aromatic nitrogens is 1. The lowest BCUT2D eigenvalue weighted by Gasteiger charge is -2.37. The van der Waals surface area contributed by atoms with E-state index in [1.54, 1.807) is 11.3 Å². The summed E-state index contributed by atoms with van der Waals surface area (Å²) in [5.74, 6) is 0. The average Bonchev–Trinajstić information content (AvgIpc) is 2.90. The molecule has 1 aromatic carbocycles. The van der Waals surface area contributed by atoms with Crippen LogP contribution in [0.4, 0.5) is 4.79 Å². The second kappa shape index (κ2) is 7.97. The van der Waals surface area contributed by atoms with Crippen LogP contribution in [0.2, 0.25) is 0 Å². The van der Waals surface area contributed by atoms with E-state index in [9.17, 15) is 4.79 Å². The number of carbonyl (C=O) groups excluding carboxylic acids is 1. The van der Waals surface area contributed by atoms with Gasteiger partial charge in [-0.1, -0.05) is 30.3 Å². The van der Waals surface area contributed by atoms with Crippen molar-refractivity contribution in [3.05, 3.63) is 51.5 Å². The van der Waals surface area contributed by atoms with Crippen LogP contribution in [-0.2, 0) is 11.3 Å². The van der Waals surface area contributed by atoms with Gasteiger partial charge in [0.05, 0.1) is 10.7 Å². The van der Waals surface area contributed by atoms with Crippen molar-refractivity contribution >= 4 is 17.4 Å². The van der Waals surface area contributed by atoms with Gasteiger partial charge in [0, 0.05) is 23.0 Å². The average molecular weight is 359 g/mol. The summed E-state index contributed by atoms with van der Waals surface area (Å²) in [5.41, 5.74) is 2.11. The van der Waals surface area contributed by atoms with Gasteiger partial charge in [-0.2, -0.15) is 0 Å². The summed E-state index contributed by atoms with van der Waals surface area (Å²) in [6, 6.07) is 10.6. The number of nitrogens with zero attached hydrogens (tertiary/aromatic N) is 1. The number of carbonyl (C=O) groups is 1. The summed E-state index contributed by atoms with van der Waals surface area (Å²) in [7, 11) is 0. The maximum atomic E-state index is 11.9. The quantitative estimate of drug-likeness (QED) is 0.822. The number of hydrogen-bond acceptors (Lipinski definition) is 5. The molecular formula is C19H25N3O2S. The molecule has 134 valence electrons. The van der Waals surface area contributed by atoms with E-state index >= 15 is 0 Å². The van der Waals surface area contributed by atoms with Crippen molar-refractivity contribution in [1.82, 2.24) is 15.6 Å². The highest BCUT2D eigenvalue weighted by Crippen LogP contribution is 2.28. The van der Waals surface area contributed by atoms with Gasteiger partial charge in [0.25, 0.3) is 0 Å². The monoisotopic (exact) mass is 359 g/mol. The van der Waals surface area contributed by atoms with Gasteiger partial charge in [0.2, 0.25) is 0 Å². The molecule has 0 aliphatic heterocycles. The number of aryl methyl sites for hydroxylation is 2. The molecule has 2 N–H and O–H groups in total. The molecule has 25 heavy (non-hydrogen) atoms. The summed E-state index contributed by atoms with van der Waals surface area (Å²) < 4.78 is 5.26. The number of alkyl carbamates (subject to hydrolysis) is 1. The SMILES string of the molecule is Cc1nc(C)c(C(C)NC2CC(NC(=O)OCc3ccccc3)C2)s1. The summed E-state index contributed by atoms with van der Waals surface area (Å²) in [4.78, 5) is 17.6. The predicted octanol–water partition coefficient (Wildman–Crippen LogP) is 3.87. The Balaban J connectivity index is 1.36. The fraction of sp³-hybridized carbons (Fsp3) is 0.474. The molecule has 1 unspecified atom stereocenters. The number of hydrogen-bond donors (Lipinski definition) is 2. The molecule has 0 spiro atoms. The topological polar surface area (TPSA) is 63.2 Å². The fourth-order valence-electron chi connectivity index (χ4n) is 3.18. The van der Waals surface area contributed by atoms with Crippen LogP contribution in [0, 0.1) is 13.8 Å². The van der Waals surface area contributed by atoms with Crippen LogP contribution in [0.1, 0.15) is 46.9 Å². The Hall–Kier alpha value is -1.92. The molecule has 2 aromatic rings. The zero-order valence-electron chi connectivity index (χ0n) is 14.9. The van der Waals surface area contributed by atoms with Crippen molar-refractivity contribution < 1.29 is 9.53 Å². The smallest absolute Gasteiger partial charge is 0.407 e. The van der Waals surface area contributed by atoms with Crippen molar-refractivity contribution in [2.45, 2.75) is 58.3 Å². The lowest BCUT2D eigenvalue weighted by atomic mass is 9.86. The highest BCUT2D eigenvalue weighted by atomic mass is 32.1. The van der Waals surface area contributed by atoms with Crippen molar-refractivity contribution in [1.29, 1.82) is 0 Å². The molecule has 0 radical (unpaired) electrons. The number of thiazole rings is 1. The number of amides is 1. The molecule has 3 rings (SSSR count). The van der Waals surface area contributed by atoms with Gasteiger partial charge in [-0.05, 0) is 39.2 Å². The molecule has 1 saturated carbocycles. The minimum Gasteiger partial charge on any atom is -0.445 e. The van der Waals surface area contributed by atoms with Crippen molar-refractivity contribution in [2.24, 2.45) is 0 Å². The lowest BCUT2D eigenvalue weighted by Crippen LogP contribution is -2.52. The summed E-state index contributed by atoms with van der Waals surface area (Å²) >= 11 is 1.75. The summed E-state index contributed by atoms with van der Waals surface area (Å²) in [6.45, 7) is 6.58. The standard InChI is InChI=1S/C19H25N3O2S/c1-12-18(25-14(3)20-12)13(2)21-16-9-17(10-16)22-19(23)24-11-15-7-5-4-6-8-15/h4-8,13,16-17,21H,9-11H2,1-3H3,(H,22,23). The van der Waals surface area contributed by atoms with E-state index in [4.69, 9.17) is 4.74 Å². The van der Waals surface area contributed by atoms with Crippen molar-refractivity contribution in [2.75, 3.05) is 0 Å². The van der Waals surface area contributed by atoms with Gasteiger partial charge >= 0.3 is 6.09 Å². The van der Waals surface area contributed by atoms with Crippen LogP contribution in [0.25, 0.3) is 0 Å². The van der Waals surface area contributed by atoms with Gasteiger partial charge in [-0.3, -0.25) is 0 Å². The predicted molar refractivity (Wildman–Crippen MR) is 99.7 cm³/mol. The normalized spacial score (nSPS) is 20.6. The molecule has 1 aliphatic rings. The molecule has 5 nitrogen and oxygen atoms in total. The Bertz CT molecular complexity index is 711. The first-order chi connectivity index (χ1) is 12.0.